The van der Waals surface area contributed by atoms with Crippen LogP contribution >= 0.6 is 0 Å². The molecule has 4 heteroatoms. The van der Waals surface area contributed by atoms with Crippen LogP contribution in [-0.4, -0.2) is 17.0 Å². The first-order chi connectivity index (χ1) is 8.84. The molecule has 1 amide bonds. The molecule has 2 atom stereocenters. The highest BCUT2D eigenvalue weighted by atomic mass is 16.4. The Morgan fingerprint density at radius 2 is 2.00 bits per heavy atom. The molecule has 1 aliphatic rings. The smallest absolute Gasteiger partial charge is 0.307 e. The van der Waals surface area contributed by atoms with Crippen LogP contribution in [0.4, 0.5) is 0 Å². The van der Waals surface area contributed by atoms with Gasteiger partial charge in [-0.05, 0) is 17.9 Å². The Bertz CT molecular complexity index is 522. The van der Waals surface area contributed by atoms with Crippen LogP contribution in [0.5, 0.6) is 0 Å². The molecule has 0 saturated heterocycles. The predicted octanol–water partition coefficient (Wildman–Crippen LogP) is 1.97. The number of hydrogen-bond donors (Lipinski definition) is 2. The van der Waals surface area contributed by atoms with E-state index in [0.717, 1.165) is 11.1 Å². The molecule has 0 radical (unpaired) electrons. The average Bonchev–Trinajstić information content (AvgIpc) is 2.90. The molecular formula is C15H19NO3. The van der Waals surface area contributed by atoms with Crippen molar-refractivity contribution in [3.8, 4) is 0 Å². The van der Waals surface area contributed by atoms with Crippen LogP contribution in [0.2, 0.25) is 0 Å². The molecule has 102 valence electrons. The van der Waals surface area contributed by atoms with Crippen LogP contribution in [0, 0.1) is 24.2 Å². The highest BCUT2D eigenvalue weighted by Crippen LogP contribution is 2.58. The number of nitrogens with one attached hydrogen (secondary N) is 1. The van der Waals surface area contributed by atoms with Gasteiger partial charge in [-0.2, -0.15) is 0 Å². The van der Waals surface area contributed by atoms with Gasteiger partial charge in [-0.25, -0.2) is 0 Å². The van der Waals surface area contributed by atoms with Gasteiger partial charge in [0, 0.05) is 6.54 Å². The van der Waals surface area contributed by atoms with E-state index < -0.39 is 23.2 Å². The number of aliphatic carboxylic acids is 1. The first kappa shape index (κ1) is 13.6. The molecule has 4 nitrogen and oxygen atoms in total. The third-order valence-corrected chi connectivity index (χ3v) is 3.93. The zero-order valence-corrected chi connectivity index (χ0v) is 11.4. The van der Waals surface area contributed by atoms with Gasteiger partial charge in [0.1, 0.15) is 0 Å². The van der Waals surface area contributed by atoms with Crippen LogP contribution in [0.15, 0.2) is 24.3 Å². The van der Waals surface area contributed by atoms with E-state index in [1.165, 1.54) is 0 Å². The number of benzene rings is 1. The Morgan fingerprint density at radius 1 is 1.32 bits per heavy atom. The second-order valence-electron chi connectivity index (χ2n) is 5.82. The van der Waals surface area contributed by atoms with Gasteiger partial charge in [-0.15, -0.1) is 0 Å². The summed E-state index contributed by atoms with van der Waals surface area (Å²) in [5.41, 5.74) is 1.73. The molecule has 1 aliphatic carbocycles. The average molecular weight is 261 g/mol. The zero-order chi connectivity index (χ0) is 14.2. The number of carbonyl (C=O) groups excluding carboxylic acids is 1. The highest BCUT2D eigenvalue weighted by molar-refractivity contribution is 5.91. The zero-order valence-electron chi connectivity index (χ0n) is 11.4. The van der Waals surface area contributed by atoms with E-state index in [9.17, 15) is 9.59 Å². The number of rotatable bonds is 4. The fraction of sp³-hybridized carbons (Fsp3) is 0.467. The van der Waals surface area contributed by atoms with Crippen molar-refractivity contribution in [2.75, 3.05) is 0 Å². The molecule has 1 aromatic carbocycles. The molecule has 19 heavy (non-hydrogen) atoms. The SMILES string of the molecule is Cc1cccc(CNC(=O)C2C(C(=O)O)C2(C)C)c1. The first-order valence-electron chi connectivity index (χ1n) is 6.40. The minimum atomic E-state index is -0.888. The number of carboxylic acid groups (broad SMARTS) is 1. The molecule has 2 rings (SSSR count). The Morgan fingerprint density at radius 3 is 2.53 bits per heavy atom. The standard InChI is InChI=1S/C15H19NO3/c1-9-5-4-6-10(7-9)8-16-13(17)11-12(14(18)19)15(11,2)3/h4-7,11-12H,8H2,1-3H3,(H,16,17)(H,18,19). The van der Waals surface area contributed by atoms with E-state index in [-0.39, 0.29) is 5.91 Å². The summed E-state index contributed by atoms with van der Waals surface area (Å²) < 4.78 is 0. The fourth-order valence-corrected chi connectivity index (χ4v) is 2.71. The maximum absolute atomic E-state index is 12.0. The summed E-state index contributed by atoms with van der Waals surface area (Å²) in [6.07, 6.45) is 0. The molecule has 2 unspecified atom stereocenters. The third kappa shape index (κ3) is 2.62. The lowest BCUT2D eigenvalue weighted by Crippen LogP contribution is -2.26. The van der Waals surface area contributed by atoms with Gasteiger partial charge in [0.25, 0.3) is 0 Å². The number of carbonyl (C=O) groups is 2. The minimum absolute atomic E-state index is 0.168. The quantitative estimate of drug-likeness (QED) is 0.870. The van der Waals surface area contributed by atoms with Crippen LogP contribution < -0.4 is 5.32 Å². The lowest BCUT2D eigenvalue weighted by molar-refractivity contribution is -0.140. The number of amides is 1. The van der Waals surface area contributed by atoms with E-state index in [2.05, 4.69) is 5.32 Å². The molecule has 0 aromatic heterocycles. The summed E-state index contributed by atoms with van der Waals surface area (Å²) in [6, 6.07) is 7.89. The second kappa shape index (κ2) is 4.68. The van der Waals surface area contributed by atoms with Crippen molar-refractivity contribution in [2.45, 2.75) is 27.3 Å². The van der Waals surface area contributed by atoms with E-state index >= 15 is 0 Å². The van der Waals surface area contributed by atoms with Gasteiger partial charge < -0.3 is 10.4 Å². The molecule has 1 saturated carbocycles. The third-order valence-electron chi connectivity index (χ3n) is 3.93. The number of carboxylic acids is 1. The van der Waals surface area contributed by atoms with Crippen LogP contribution in [0.25, 0.3) is 0 Å². The normalized spacial score (nSPS) is 23.7. The molecule has 0 spiro atoms. The minimum Gasteiger partial charge on any atom is -0.481 e. The molecular weight excluding hydrogens is 242 g/mol. The number of hydrogen-bond acceptors (Lipinski definition) is 2. The summed E-state index contributed by atoms with van der Waals surface area (Å²) in [5.74, 6) is -2.04. The van der Waals surface area contributed by atoms with Gasteiger partial charge in [0.15, 0.2) is 0 Å². The Hall–Kier alpha value is -1.84. The summed E-state index contributed by atoms with van der Waals surface area (Å²) in [7, 11) is 0. The van der Waals surface area contributed by atoms with E-state index in [1.54, 1.807) is 0 Å². The highest BCUT2D eigenvalue weighted by Gasteiger charge is 2.65. The van der Waals surface area contributed by atoms with Crippen LogP contribution in [0.1, 0.15) is 25.0 Å². The van der Waals surface area contributed by atoms with Crippen LogP contribution in [0.3, 0.4) is 0 Å². The monoisotopic (exact) mass is 261 g/mol. The summed E-state index contributed by atoms with van der Waals surface area (Å²) >= 11 is 0. The Kier molecular flexibility index (Phi) is 3.35. The van der Waals surface area contributed by atoms with E-state index in [0.29, 0.717) is 6.54 Å². The van der Waals surface area contributed by atoms with Crippen molar-refractivity contribution in [3.63, 3.8) is 0 Å². The van der Waals surface area contributed by atoms with E-state index in [1.807, 2.05) is 45.0 Å². The second-order valence-corrected chi connectivity index (χ2v) is 5.82. The molecule has 1 aromatic rings. The lowest BCUT2D eigenvalue weighted by atomic mass is 10.1. The summed E-state index contributed by atoms with van der Waals surface area (Å²) in [5, 5.41) is 11.9. The van der Waals surface area contributed by atoms with Gasteiger partial charge >= 0.3 is 5.97 Å². The van der Waals surface area contributed by atoms with Crippen molar-refractivity contribution in [2.24, 2.45) is 17.3 Å². The van der Waals surface area contributed by atoms with Gasteiger partial charge in [0.05, 0.1) is 11.8 Å². The summed E-state index contributed by atoms with van der Waals surface area (Å²) in [6.45, 7) is 6.08. The predicted molar refractivity (Wildman–Crippen MR) is 71.4 cm³/mol. The van der Waals surface area contributed by atoms with Crippen molar-refractivity contribution >= 4 is 11.9 Å². The molecule has 2 N–H and O–H groups in total. The Labute approximate surface area is 112 Å². The topological polar surface area (TPSA) is 66.4 Å². The molecule has 1 fully saturated rings. The van der Waals surface area contributed by atoms with Crippen molar-refractivity contribution in [3.05, 3.63) is 35.4 Å². The Balaban J connectivity index is 1.95. The van der Waals surface area contributed by atoms with E-state index in [4.69, 9.17) is 5.11 Å². The lowest BCUT2D eigenvalue weighted by Gasteiger charge is -2.06. The number of aryl methyl sites for hydroxylation is 1. The van der Waals surface area contributed by atoms with Crippen molar-refractivity contribution in [1.29, 1.82) is 0 Å². The van der Waals surface area contributed by atoms with Gasteiger partial charge in [-0.3, -0.25) is 9.59 Å². The van der Waals surface area contributed by atoms with Crippen molar-refractivity contribution in [1.82, 2.24) is 5.32 Å². The van der Waals surface area contributed by atoms with Gasteiger partial charge in [-0.1, -0.05) is 43.7 Å². The first-order valence-corrected chi connectivity index (χ1v) is 6.40. The maximum Gasteiger partial charge on any atom is 0.307 e. The summed E-state index contributed by atoms with van der Waals surface area (Å²) in [4.78, 5) is 23.1. The van der Waals surface area contributed by atoms with Gasteiger partial charge in [0.2, 0.25) is 5.91 Å². The molecule has 0 aliphatic heterocycles. The largest absolute Gasteiger partial charge is 0.481 e. The van der Waals surface area contributed by atoms with Crippen molar-refractivity contribution < 1.29 is 14.7 Å². The molecule has 0 heterocycles. The maximum atomic E-state index is 12.0. The van der Waals surface area contributed by atoms with Crippen LogP contribution in [-0.2, 0) is 16.1 Å². The molecule has 0 bridgehead atoms. The fourth-order valence-electron chi connectivity index (χ4n) is 2.71.